The van der Waals surface area contributed by atoms with Gasteiger partial charge in [0.05, 0.1) is 18.5 Å². The van der Waals surface area contributed by atoms with Crippen molar-refractivity contribution in [1.29, 1.82) is 0 Å². The average molecular weight is 462 g/mol. The Bertz CT molecular complexity index is 857. The number of para-hydroxylation sites is 1. The van der Waals surface area contributed by atoms with E-state index in [4.69, 9.17) is 4.74 Å². The number of carbonyl (C=O) groups excluding carboxylic acids is 4. The molecule has 0 aliphatic carbocycles. The van der Waals surface area contributed by atoms with E-state index < -0.39 is 29.8 Å². The van der Waals surface area contributed by atoms with Gasteiger partial charge in [-0.2, -0.15) is 0 Å². The van der Waals surface area contributed by atoms with Crippen LogP contribution in [0.25, 0.3) is 0 Å². The summed E-state index contributed by atoms with van der Waals surface area (Å²) in [6, 6.07) is 4.77. The van der Waals surface area contributed by atoms with Crippen molar-refractivity contribution < 1.29 is 23.9 Å². The summed E-state index contributed by atoms with van der Waals surface area (Å²) in [5.74, 6) is -1.57. The van der Waals surface area contributed by atoms with Gasteiger partial charge in [-0.05, 0) is 32.1 Å². The van der Waals surface area contributed by atoms with Gasteiger partial charge in [0, 0.05) is 20.1 Å². The average Bonchev–Trinajstić information content (AvgIpc) is 2.76. The van der Waals surface area contributed by atoms with Crippen LogP contribution < -0.4 is 20.7 Å². The van der Waals surface area contributed by atoms with Crippen LogP contribution in [0.4, 0.5) is 0 Å². The first-order valence-corrected chi connectivity index (χ1v) is 11.1. The number of nitrogens with one attached hydrogen (secondary N) is 3. The molecule has 0 unspecified atom stereocenters. The zero-order valence-corrected chi connectivity index (χ0v) is 20.0. The number of fused-ring (bicyclic) bond motifs is 1. The van der Waals surface area contributed by atoms with Crippen molar-refractivity contribution >= 4 is 23.6 Å². The van der Waals surface area contributed by atoms with Crippen LogP contribution in [0, 0.1) is 5.92 Å². The molecule has 1 aromatic rings. The maximum absolute atomic E-state index is 13.1. The van der Waals surface area contributed by atoms with Crippen LogP contribution in [0.15, 0.2) is 24.3 Å². The molecule has 0 saturated heterocycles. The van der Waals surface area contributed by atoms with Gasteiger partial charge in [-0.1, -0.05) is 26.0 Å². The van der Waals surface area contributed by atoms with Crippen LogP contribution in [0.1, 0.15) is 30.6 Å². The van der Waals surface area contributed by atoms with Crippen molar-refractivity contribution in [3.05, 3.63) is 29.8 Å². The van der Waals surface area contributed by atoms with E-state index in [-0.39, 0.29) is 37.0 Å². The van der Waals surface area contributed by atoms with Gasteiger partial charge >= 0.3 is 0 Å². The van der Waals surface area contributed by atoms with Crippen molar-refractivity contribution in [1.82, 2.24) is 25.8 Å². The summed E-state index contributed by atoms with van der Waals surface area (Å²) < 4.78 is 5.71. The summed E-state index contributed by atoms with van der Waals surface area (Å²) in [6.07, 6.45) is -0.295. The number of likely N-dealkylation sites (N-methyl/N-ethyl adjacent to an activating group) is 2. The maximum atomic E-state index is 13.1. The lowest BCUT2D eigenvalue weighted by atomic mass is 10.0. The lowest BCUT2D eigenvalue weighted by Crippen LogP contribution is -2.54. The minimum absolute atomic E-state index is 0.143. The summed E-state index contributed by atoms with van der Waals surface area (Å²) >= 11 is 0. The number of ether oxygens (including phenoxy) is 1. The SMILES string of the molecule is CC(C)[C@H]1NC(=O)C[C@@H](C(=O)N(C)CCN(C)C)NC(=O)c2ccccc2OCCNC1=O. The lowest BCUT2D eigenvalue weighted by Gasteiger charge is -2.27. The quantitative estimate of drug-likeness (QED) is 0.561. The summed E-state index contributed by atoms with van der Waals surface area (Å²) in [5.41, 5.74) is 0.245. The van der Waals surface area contributed by atoms with E-state index in [1.165, 1.54) is 4.90 Å². The summed E-state index contributed by atoms with van der Waals surface area (Å²) in [4.78, 5) is 55.0. The van der Waals surface area contributed by atoms with E-state index in [1.54, 1.807) is 31.3 Å². The number of nitrogens with zero attached hydrogens (tertiary/aromatic N) is 2. The van der Waals surface area contributed by atoms with Crippen LogP contribution in [-0.2, 0) is 14.4 Å². The van der Waals surface area contributed by atoms with Gasteiger partial charge in [-0.15, -0.1) is 0 Å². The predicted octanol–water partition coefficient (Wildman–Crippen LogP) is -0.155. The Labute approximate surface area is 195 Å². The Hall–Kier alpha value is -3.14. The molecule has 1 heterocycles. The first-order chi connectivity index (χ1) is 15.6. The molecule has 3 N–H and O–H groups in total. The molecule has 0 bridgehead atoms. The first-order valence-electron chi connectivity index (χ1n) is 11.1. The second-order valence-corrected chi connectivity index (χ2v) is 8.72. The molecule has 1 aliphatic heterocycles. The molecule has 182 valence electrons. The Morgan fingerprint density at radius 3 is 2.45 bits per heavy atom. The summed E-state index contributed by atoms with van der Waals surface area (Å²) in [5, 5.41) is 8.15. The highest BCUT2D eigenvalue weighted by molar-refractivity contribution is 6.01. The van der Waals surface area contributed by atoms with E-state index in [9.17, 15) is 19.2 Å². The third kappa shape index (κ3) is 7.74. The third-order valence-electron chi connectivity index (χ3n) is 5.31. The van der Waals surface area contributed by atoms with Crippen LogP contribution in [0.5, 0.6) is 5.75 Å². The first kappa shape index (κ1) is 26.1. The molecule has 0 aromatic heterocycles. The smallest absolute Gasteiger partial charge is 0.255 e. The molecule has 0 radical (unpaired) electrons. The second kappa shape index (κ2) is 12.2. The van der Waals surface area contributed by atoms with Crippen molar-refractivity contribution in [2.45, 2.75) is 32.4 Å². The zero-order valence-electron chi connectivity index (χ0n) is 20.0. The Morgan fingerprint density at radius 1 is 1.09 bits per heavy atom. The van der Waals surface area contributed by atoms with Crippen LogP contribution in [-0.4, -0.2) is 92.9 Å². The Morgan fingerprint density at radius 2 is 1.79 bits per heavy atom. The monoisotopic (exact) mass is 461 g/mol. The maximum Gasteiger partial charge on any atom is 0.255 e. The fourth-order valence-corrected chi connectivity index (χ4v) is 3.34. The van der Waals surface area contributed by atoms with Gasteiger partial charge in [0.15, 0.2) is 0 Å². The molecule has 4 amide bonds. The molecule has 1 aliphatic rings. The predicted molar refractivity (Wildman–Crippen MR) is 124 cm³/mol. The molecule has 1 aromatic carbocycles. The molecule has 33 heavy (non-hydrogen) atoms. The van der Waals surface area contributed by atoms with Gasteiger partial charge in [0.25, 0.3) is 5.91 Å². The van der Waals surface area contributed by atoms with Crippen molar-refractivity contribution in [3.8, 4) is 5.75 Å². The van der Waals surface area contributed by atoms with E-state index in [2.05, 4.69) is 16.0 Å². The van der Waals surface area contributed by atoms with Crippen LogP contribution >= 0.6 is 0 Å². The van der Waals surface area contributed by atoms with Gasteiger partial charge in [-0.3, -0.25) is 19.2 Å². The van der Waals surface area contributed by atoms with E-state index in [0.29, 0.717) is 18.8 Å². The number of rotatable bonds is 5. The molecule has 10 nitrogen and oxygen atoms in total. The topological polar surface area (TPSA) is 120 Å². The largest absolute Gasteiger partial charge is 0.491 e. The lowest BCUT2D eigenvalue weighted by molar-refractivity contribution is -0.135. The second-order valence-electron chi connectivity index (χ2n) is 8.72. The minimum Gasteiger partial charge on any atom is -0.491 e. The molecule has 2 atom stereocenters. The molecule has 2 rings (SSSR count). The number of hydrogen-bond acceptors (Lipinski definition) is 6. The van der Waals surface area contributed by atoms with Crippen LogP contribution in [0.3, 0.4) is 0 Å². The highest BCUT2D eigenvalue weighted by Gasteiger charge is 2.31. The highest BCUT2D eigenvalue weighted by atomic mass is 16.5. The molecule has 0 saturated carbocycles. The number of amides is 4. The van der Waals surface area contributed by atoms with Gasteiger partial charge in [-0.25, -0.2) is 0 Å². The number of hydrogen-bond donors (Lipinski definition) is 3. The Balaban J connectivity index is 2.34. The highest BCUT2D eigenvalue weighted by Crippen LogP contribution is 2.18. The van der Waals surface area contributed by atoms with Crippen LogP contribution in [0.2, 0.25) is 0 Å². The third-order valence-corrected chi connectivity index (χ3v) is 5.31. The fraction of sp³-hybridized carbons (Fsp3) is 0.565. The standard InChI is InChI=1S/C23H35N5O5/c1-15(2)20-22(31)24-10-13-33-18-9-7-6-8-16(18)21(30)25-17(14-19(29)26-20)23(32)28(5)12-11-27(3)4/h6-9,15,17,20H,10-14H2,1-5H3,(H,24,31)(H,25,30)(H,26,29)/t17-,20+/m0/s1. The van der Waals surface area contributed by atoms with E-state index in [0.717, 1.165) is 0 Å². The van der Waals surface area contributed by atoms with Gasteiger partial charge in [0.2, 0.25) is 17.7 Å². The normalized spacial score (nSPS) is 20.2. The molecular weight excluding hydrogens is 426 g/mol. The fourth-order valence-electron chi connectivity index (χ4n) is 3.34. The number of benzene rings is 1. The molecule has 10 heteroatoms. The van der Waals surface area contributed by atoms with Gasteiger partial charge in [0.1, 0.15) is 24.4 Å². The molecule has 0 fully saturated rings. The van der Waals surface area contributed by atoms with Crippen molar-refractivity contribution in [2.75, 3.05) is 47.4 Å². The van der Waals surface area contributed by atoms with Crippen molar-refractivity contribution in [3.63, 3.8) is 0 Å². The van der Waals surface area contributed by atoms with E-state index >= 15 is 0 Å². The minimum atomic E-state index is -1.10. The molecule has 0 spiro atoms. The summed E-state index contributed by atoms with van der Waals surface area (Å²) in [6.45, 7) is 5.05. The summed E-state index contributed by atoms with van der Waals surface area (Å²) in [7, 11) is 5.41. The number of carbonyl (C=O) groups is 4. The molecular formula is C23H35N5O5. The van der Waals surface area contributed by atoms with E-state index in [1.807, 2.05) is 32.8 Å². The Kier molecular flexibility index (Phi) is 9.65. The zero-order chi connectivity index (χ0) is 24.5. The van der Waals surface area contributed by atoms with Gasteiger partial charge < -0.3 is 30.5 Å². The van der Waals surface area contributed by atoms with Crippen molar-refractivity contribution in [2.24, 2.45) is 5.92 Å².